The molecule has 0 bridgehead atoms. The second-order valence-corrected chi connectivity index (χ2v) is 4.95. The summed E-state index contributed by atoms with van der Waals surface area (Å²) in [5.41, 5.74) is 1.19. The van der Waals surface area contributed by atoms with Gasteiger partial charge in [-0.05, 0) is 30.9 Å². The van der Waals surface area contributed by atoms with Gasteiger partial charge in [0.2, 0.25) is 0 Å². The molecule has 1 saturated carbocycles. The maximum atomic E-state index is 4.40. The van der Waals surface area contributed by atoms with Crippen LogP contribution in [0.15, 0.2) is 24.4 Å². The molecule has 1 aliphatic carbocycles. The lowest BCUT2D eigenvalue weighted by Crippen LogP contribution is -2.51. The molecule has 1 N–H and O–H groups in total. The number of hydrogen-bond acceptors (Lipinski definition) is 3. The Morgan fingerprint density at radius 1 is 1.38 bits per heavy atom. The number of hydrogen-bond donors (Lipinski definition) is 1. The Bertz CT molecular complexity index is 334. The molecule has 86 valence electrons. The van der Waals surface area contributed by atoms with Gasteiger partial charge in [-0.2, -0.15) is 0 Å². The van der Waals surface area contributed by atoms with E-state index < -0.39 is 0 Å². The Morgan fingerprint density at radius 2 is 2.31 bits per heavy atom. The van der Waals surface area contributed by atoms with Crippen molar-refractivity contribution in [2.75, 3.05) is 19.6 Å². The van der Waals surface area contributed by atoms with Gasteiger partial charge >= 0.3 is 0 Å². The van der Waals surface area contributed by atoms with Crippen molar-refractivity contribution in [3.05, 3.63) is 30.1 Å². The van der Waals surface area contributed by atoms with E-state index in [-0.39, 0.29) is 0 Å². The molecular formula is C13H19N3. The molecule has 1 saturated heterocycles. The molecule has 0 radical (unpaired) electrons. The van der Waals surface area contributed by atoms with Crippen molar-refractivity contribution < 1.29 is 0 Å². The quantitative estimate of drug-likeness (QED) is 0.826. The van der Waals surface area contributed by atoms with Crippen LogP contribution in [0.25, 0.3) is 0 Å². The number of piperazine rings is 1. The number of nitrogens with zero attached hydrogens (tertiary/aromatic N) is 2. The predicted molar refractivity (Wildman–Crippen MR) is 64.0 cm³/mol. The lowest BCUT2D eigenvalue weighted by molar-refractivity contribution is 0.180. The average Bonchev–Trinajstić information content (AvgIpc) is 3.15. The molecule has 2 fully saturated rings. The topological polar surface area (TPSA) is 28.2 Å². The van der Waals surface area contributed by atoms with Crippen LogP contribution in [-0.4, -0.2) is 35.6 Å². The number of aromatic nitrogens is 1. The summed E-state index contributed by atoms with van der Waals surface area (Å²) in [5.74, 6) is 0.950. The van der Waals surface area contributed by atoms with Crippen LogP contribution in [0, 0.1) is 5.92 Å². The van der Waals surface area contributed by atoms with Crippen LogP contribution in [0.4, 0.5) is 0 Å². The van der Waals surface area contributed by atoms with E-state index in [0.717, 1.165) is 31.6 Å². The zero-order chi connectivity index (χ0) is 10.8. The summed E-state index contributed by atoms with van der Waals surface area (Å²) < 4.78 is 0. The molecule has 0 aromatic carbocycles. The Labute approximate surface area is 96.9 Å². The van der Waals surface area contributed by atoms with Gasteiger partial charge in [-0.1, -0.05) is 6.07 Å². The number of pyridine rings is 1. The molecule has 1 unspecified atom stereocenters. The van der Waals surface area contributed by atoms with Gasteiger partial charge in [-0.15, -0.1) is 0 Å². The van der Waals surface area contributed by atoms with Crippen molar-refractivity contribution >= 4 is 0 Å². The SMILES string of the molecule is c1ccc(CN2CCNC(C3CC3)C2)nc1. The van der Waals surface area contributed by atoms with Gasteiger partial charge in [0.15, 0.2) is 0 Å². The lowest BCUT2D eigenvalue weighted by Gasteiger charge is -2.33. The highest BCUT2D eigenvalue weighted by Gasteiger charge is 2.33. The largest absolute Gasteiger partial charge is 0.311 e. The van der Waals surface area contributed by atoms with E-state index in [9.17, 15) is 0 Å². The van der Waals surface area contributed by atoms with Crippen LogP contribution in [-0.2, 0) is 6.54 Å². The first-order valence-electron chi connectivity index (χ1n) is 6.27. The van der Waals surface area contributed by atoms with Gasteiger partial charge in [0, 0.05) is 38.4 Å². The van der Waals surface area contributed by atoms with Gasteiger partial charge in [0.1, 0.15) is 0 Å². The van der Waals surface area contributed by atoms with E-state index in [2.05, 4.69) is 27.3 Å². The summed E-state index contributed by atoms with van der Waals surface area (Å²) >= 11 is 0. The van der Waals surface area contributed by atoms with Crippen LogP contribution >= 0.6 is 0 Å². The van der Waals surface area contributed by atoms with Gasteiger partial charge < -0.3 is 5.32 Å². The monoisotopic (exact) mass is 217 g/mol. The maximum Gasteiger partial charge on any atom is 0.0543 e. The van der Waals surface area contributed by atoms with Gasteiger partial charge in [0.05, 0.1) is 5.69 Å². The molecule has 3 nitrogen and oxygen atoms in total. The zero-order valence-corrected chi connectivity index (χ0v) is 9.60. The minimum Gasteiger partial charge on any atom is -0.311 e. The highest BCUT2D eigenvalue weighted by atomic mass is 15.2. The lowest BCUT2D eigenvalue weighted by atomic mass is 10.1. The summed E-state index contributed by atoms with van der Waals surface area (Å²) in [6.07, 6.45) is 4.74. The molecule has 1 aliphatic heterocycles. The highest BCUT2D eigenvalue weighted by molar-refractivity contribution is 5.04. The molecule has 16 heavy (non-hydrogen) atoms. The predicted octanol–water partition coefficient (Wildman–Crippen LogP) is 1.27. The first-order valence-corrected chi connectivity index (χ1v) is 6.27. The Kier molecular flexibility index (Phi) is 2.89. The van der Waals surface area contributed by atoms with Crippen molar-refractivity contribution in [1.29, 1.82) is 0 Å². The van der Waals surface area contributed by atoms with Gasteiger partial charge in [0.25, 0.3) is 0 Å². The molecule has 1 atom stereocenters. The van der Waals surface area contributed by atoms with Crippen LogP contribution < -0.4 is 5.32 Å². The highest BCUT2D eigenvalue weighted by Crippen LogP contribution is 2.33. The Hall–Kier alpha value is -0.930. The summed E-state index contributed by atoms with van der Waals surface area (Å²) in [4.78, 5) is 6.93. The van der Waals surface area contributed by atoms with Crippen molar-refractivity contribution in [2.24, 2.45) is 5.92 Å². The van der Waals surface area contributed by atoms with Crippen LogP contribution in [0.1, 0.15) is 18.5 Å². The fourth-order valence-corrected chi connectivity index (χ4v) is 2.52. The van der Waals surface area contributed by atoms with E-state index in [0.29, 0.717) is 0 Å². The molecule has 2 heterocycles. The Morgan fingerprint density at radius 3 is 3.06 bits per heavy atom. The van der Waals surface area contributed by atoms with E-state index >= 15 is 0 Å². The second kappa shape index (κ2) is 4.52. The second-order valence-electron chi connectivity index (χ2n) is 4.95. The van der Waals surface area contributed by atoms with Crippen LogP contribution in [0.2, 0.25) is 0 Å². The zero-order valence-electron chi connectivity index (χ0n) is 9.60. The van der Waals surface area contributed by atoms with Crippen molar-refractivity contribution in [3.8, 4) is 0 Å². The van der Waals surface area contributed by atoms with Gasteiger partial charge in [-0.3, -0.25) is 9.88 Å². The third kappa shape index (κ3) is 2.42. The third-order valence-corrected chi connectivity index (χ3v) is 3.59. The maximum absolute atomic E-state index is 4.40. The first kappa shape index (κ1) is 10.2. The van der Waals surface area contributed by atoms with Crippen molar-refractivity contribution in [2.45, 2.75) is 25.4 Å². The normalized spacial score (nSPS) is 26.9. The molecule has 3 rings (SSSR count). The molecule has 3 heteroatoms. The summed E-state index contributed by atoms with van der Waals surface area (Å²) in [6, 6.07) is 6.91. The average molecular weight is 217 g/mol. The van der Waals surface area contributed by atoms with Gasteiger partial charge in [-0.25, -0.2) is 0 Å². The minimum atomic E-state index is 0.734. The molecule has 0 spiro atoms. The van der Waals surface area contributed by atoms with Crippen LogP contribution in [0.5, 0.6) is 0 Å². The number of rotatable bonds is 3. The molecule has 0 amide bonds. The van der Waals surface area contributed by atoms with Crippen molar-refractivity contribution in [1.82, 2.24) is 15.2 Å². The molecular weight excluding hydrogens is 198 g/mol. The molecule has 1 aromatic rings. The van der Waals surface area contributed by atoms with E-state index in [4.69, 9.17) is 0 Å². The van der Waals surface area contributed by atoms with Crippen molar-refractivity contribution in [3.63, 3.8) is 0 Å². The third-order valence-electron chi connectivity index (χ3n) is 3.59. The van der Waals surface area contributed by atoms with E-state index in [1.807, 2.05) is 12.3 Å². The molecule has 1 aromatic heterocycles. The van der Waals surface area contributed by atoms with E-state index in [1.165, 1.54) is 25.1 Å². The minimum absolute atomic E-state index is 0.734. The summed E-state index contributed by atoms with van der Waals surface area (Å²) in [7, 11) is 0. The standard InChI is InChI=1S/C13H19N3/c1-2-6-14-12(3-1)9-16-8-7-15-13(10-16)11-4-5-11/h1-3,6,11,13,15H,4-5,7-10H2. The number of nitrogens with one attached hydrogen (secondary N) is 1. The fourth-order valence-electron chi connectivity index (χ4n) is 2.52. The molecule has 2 aliphatic rings. The smallest absolute Gasteiger partial charge is 0.0543 e. The first-order chi connectivity index (χ1) is 7.92. The van der Waals surface area contributed by atoms with E-state index in [1.54, 1.807) is 0 Å². The summed E-state index contributed by atoms with van der Waals surface area (Å²) in [6.45, 7) is 4.49. The fraction of sp³-hybridized carbons (Fsp3) is 0.615. The summed E-state index contributed by atoms with van der Waals surface area (Å²) in [5, 5.41) is 3.63. The Balaban J connectivity index is 1.58. The van der Waals surface area contributed by atoms with Crippen LogP contribution in [0.3, 0.4) is 0 Å².